The summed E-state index contributed by atoms with van der Waals surface area (Å²) in [7, 11) is -4.00. The summed E-state index contributed by atoms with van der Waals surface area (Å²) < 4.78 is 27.6. The molecule has 0 aliphatic rings. The van der Waals surface area contributed by atoms with Gasteiger partial charge in [0.15, 0.2) is 0 Å². The number of carbonyl (C=O) groups is 2. The molecule has 0 spiro atoms. The van der Waals surface area contributed by atoms with Gasteiger partial charge in [0, 0.05) is 19.5 Å². The zero-order chi connectivity index (χ0) is 25.1. The number of carbonyl (C=O) groups excluding carboxylic acids is 2. The maximum absolute atomic E-state index is 13.3. The molecule has 9 heteroatoms. The fraction of sp³-hybridized carbons (Fsp3) is 0.462. The topological polar surface area (TPSA) is 107 Å². The molecule has 2 aromatic rings. The zero-order valence-electron chi connectivity index (χ0n) is 21.2. The van der Waals surface area contributed by atoms with Crippen LogP contribution < -0.4 is 79.3 Å². The first-order chi connectivity index (χ1) is 16.1. The second-order valence-electron chi connectivity index (χ2n) is 8.95. The number of amides is 1. The fourth-order valence-corrected chi connectivity index (χ4v) is 5.43. The van der Waals surface area contributed by atoms with Gasteiger partial charge in [0.05, 0.1) is 16.9 Å². The summed E-state index contributed by atoms with van der Waals surface area (Å²) in [4.78, 5) is 24.1. The SMILES string of the molecule is Cc1ccc(S(=O)(=O)N(CC(C)C)[C@@H](CCCCNC(=O)CCc2ccccc2)C(=O)[O-])cc1.[Cs+]. The van der Waals surface area contributed by atoms with E-state index in [0.717, 1.165) is 15.4 Å². The van der Waals surface area contributed by atoms with Gasteiger partial charge in [-0.1, -0.05) is 61.9 Å². The Morgan fingerprint density at radius 1 is 1.00 bits per heavy atom. The molecule has 2 aromatic carbocycles. The Balaban J connectivity index is 0.00000612. The third-order valence-electron chi connectivity index (χ3n) is 5.50. The van der Waals surface area contributed by atoms with Crippen LogP contribution in [0.25, 0.3) is 0 Å². The van der Waals surface area contributed by atoms with E-state index in [1.165, 1.54) is 12.1 Å². The minimum absolute atomic E-state index is 0. The van der Waals surface area contributed by atoms with Crippen LogP contribution in [-0.4, -0.2) is 43.7 Å². The standard InChI is InChI=1S/C26H36N2O5S.Cs/c1-20(2)19-28(34(32,33)23-15-12-21(3)13-16-23)24(26(30)31)11-7-8-18-27-25(29)17-14-22-9-5-4-6-10-22;/h4-6,9-10,12-13,15-16,20,24H,7-8,11,14,17-19H2,1-3H3,(H,27,29)(H,30,31);/q;+1/p-1/t24-;/m0./s1. The van der Waals surface area contributed by atoms with Gasteiger partial charge in [-0.15, -0.1) is 0 Å². The molecule has 0 saturated heterocycles. The number of aliphatic carboxylic acids is 1. The number of hydrogen-bond donors (Lipinski definition) is 1. The minimum Gasteiger partial charge on any atom is -0.548 e. The van der Waals surface area contributed by atoms with Crippen LogP contribution >= 0.6 is 0 Å². The molecule has 0 heterocycles. The minimum atomic E-state index is -4.00. The van der Waals surface area contributed by atoms with Crippen LogP contribution in [0.4, 0.5) is 0 Å². The van der Waals surface area contributed by atoms with Gasteiger partial charge in [0.25, 0.3) is 0 Å². The van der Waals surface area contributed by atoms with Crippen LogP contribution in [0.5, 0.6) is 0 Å². The van der Waals surface area contributed by atoms with Gasteiger partial charge in [0.2, 0.25) is 15.9 Å². The third-order valence-corrected chi connectivity index (χ3v) is 7.39. The Morgan fingerprint density at radius 2 is 1.63 bits per heavy atom. The van der Waals surface area contributed by atoms with Crippen molar-refractivity contribution in [3.8, 4) is 0 Å². The van der Waals surface area contributed by atoms with E-state index in [1.807, 2.05) is 51.1 Å². The van der Waals surface area contributed by atoms with Crippen molar-refractivity contribution in [3.05, 3.63) is 65.7 Å². The number of nitrogens with zero attached hydrogens (tertiary/aromatic N) is 1. The van der Waals surface area contributed by atoms with Gasteiger partial charge in [-0.05, 0) is 56.2 Å². The van der Waals surface area contributed by atoms with Crippen LogP contribution in [-0.2, 0) is 26.0 Å². The number of benzene rings is 2. The molecule has 1 atom stereocenters. The summed E-state index contributed by atoms with van der Waals surface area (Å²) in [5.41, 5.74) is 2.01. The molecule has 0 unspecified atom stereocenters. The van der Waals surface area contributed by atoms with E-state index >= 15 is 0 Å². The molecule has 0 bridgehead atoms. The monoisotopic (exact) mass is 620 g/mol. The summed E-state index contributed by atoms with van der Waals surface area (Å²) in [6.07, 6.45) is 2.12. The van der Waals surface area contributed by atoms with Gasteiger partial charge < -0.3 is 15.2 Å². The number of carboxylic acid groups (broad SMARTS) is 1. The number of unbranched alkanes of at least 4 members (excludes halogenated alkanes) is 1. The third kappa shape index (κ3) is 11.1. The van der Waals surface area contributed by atoms with Crippen LogP contribution in [0.3, 0.4) is 0 Å². The van der Waals surface area contributed by atoms with Gasteiger partial charge >= 0.3 is 68.9 Å². The molecular weight excluding hydrogens is 585 g/mol. The molecule has 0 fully saturated rings. The summed E-state index contributed by atoms with van der Waals surface area (Å²) in [5.74, 6) is -1.54. The molecule has 1 N–H and O–H groups in total. The first kappa shape index (κ1) is 32.4. The predicted molar refractivity (Wildman–Crippen MR) is 130 cm³/mol. The first-order valence-electron chi connectivity index (χ1n) is 11.7. The Kier molecular flexibility index (Phi) is 15.0. The molecule has 186 valence electrons. The molecule has 0 aromatic heterocycles. The van der Waals surface area contributed by atoms with Crippen LogP contribution in [0.2, 0.25) is 0 Å². The Morgan fingerprint density at radius 3 is 2.20 bits per heavy atom. The Labute approximate surface area is 268 Å². The molecule has 0 aliphatic carbocycles. The van der Waals surface area contributed by atoms with Crippen molar-refractivity contribution in [3.63, 3.8) is 0 Å². The van der Waals surface area contributed by atoms with E-state index in [9.17, 15) is 23.1 Å². The van der Waals surface area contributed by atoms with Crippen LogP contribution in [0.15, 0.2) is 59.5 Å². The van der Waals surface area contributed by atoms with Crippen molar-refractivity contribution in [1.29, 1.82) is 0 Å². The Bertz CT molecular complexity index is 1030. The van der Waals surface area contributed by atoms with E-state index in [4.69, 9.17) is 0 Å². The zero-order valence-corrected chi connectivity index (χ0v) is 28.3. The molecular formula is C26H35CsN2O5S. The van der Waals surface area contributed by atoms with Gasteiger partial charge in [-0.25, -0.2) is 8.42 Å². The molecule has 7 nitrogen and oxygen atoms in total. The fourth-order valence-electron chi connectivity index (χ4n) is 3.66. The second-order valence-corrected chi connectivity index (χ2v) is 10.8. The first-order valence-corrected chi connectivity index (χ1v) is 13.1. The second kappa shape index (κ2) is 16.2. The van der Waals surface area contributed by atoms with Crippen molar-refractivity contribution in [2.45, 2.75) is 63.8 Å². The van der Waals surface area contributed by atoms with Crippen molar-refractivity contribution in [2.75, 3.05) is 13.1 Å². The van der Waals surface area contributed by atoms with Crippen molar-refractivity contribution >= 4 is 21.9 Å². The van der Waals surface area contributed by atoms with Crippen molar-refractivity contribution in [2.24, 2.45) is 5.92 Å². The molecule has 0 aliphatic heterocycles. The molecule has 1 amide bonds. The predicted octanol–water partition coefficient (Wildman–Crippen LogP) is -0.316. The van der Waals surface area contributed by atoms with Gasteiger partial charge in [0.1, 0.15) is 0 Å². The number of sulfonamides is 1. The number of aryl methyl sites for hydroxylation is 2. The average molecular weight is 621 g/mol. The largest absolute Gasteiger partial charge is 1.00 e. The summed E-state index contributed by atoms with van der Waals surface area (Å²) in [6.45, 7) is 6.02. The van der Waals surface area contributed by atoms with E-state index in [2.05, 4.69) is 5.32 Å². The summed E-state index contributed by atoms with van der Waals surface area (Å²) in [6, 6.07) is 14.8. The van der Waals surface area contributed by atoms with Crippen LogP contribution in [0.1, 0.15) is 50.7 Å². The summed E-state index contributed by atoms with van der Waals surface area (Å²) >= 11 is 0. The van der Waals surface area contributed by atoms with Crippen molar-refractivity contribution in [1.82, 2.24) is 9.62 Å². The van der Waals surface area contributed by atoms with Crippen molar-refractivity contribution < 1.29 is 92.0 Å². The molecule has 0 radical (unpaired) electrons. The number of rotatable bonds is 14. The maximum Gasteiger partial charge on any atom is 1.00 e. The quantitative estimate of drug-likeness (QED) is 0.292. The Hall–Kier alpha value is -0.658. The van der Waals surface area contributed by atoms with E-state index < -0.39 is 22.0 Å². The van der Waals surface area contributed by atoms with Gasteiger partial charge in [-0.2, -0.15) is 4.31 Å². The molecule has 2 rings (SSSR count). The summed E-state index contributed by atoms with van der Waals surface area (Å²) in [5, 5.41) is 14.8. The van der Waals surface area contributed by atoms with Gasteiger partial charge in [-0.3, -0.25) is 4.79 Å². The smallest absolute Gasteiger partial charge is 0.548 e. The maximum atomic E-state index is 13.3. The van der Waals surface area contributed by atoms with E-state index in [-0.39, 0.29) is 98.6 Å². The number of hydrogen-bond acceptors (Lipinski definition) is 5. The van der Waals surface area contributed by atoms with E-state index in [1.54, 1.807) is 12.1 Å². The number of carboxylic acids is 1. The molecule has 0 saturated carbocycles. The van der Waals surface area contributed by atoms with E-state index in [0.29, 0.717) is 32.2 Å². The van der Waals surface area contributed by atoms with Crippen LogP contribution in [0, 0.1) is 12.8 Å². The normalized spacial score (nSPS) is 12.3. The number of nitrogens with one attached hydrogen (secondary N) is 1. The average Bonchev–Trinajstić information content (AvgIpc) is 2.79. The molecule has 35 heavy (non-hydrogen) atoms.